The van der Waals surface area contributed by atoms with Crippen LogP contribution in [0.4, 0.5) is 0 Å². The third kappa shape index (κ3) is 4.37. The second kappa shape index (κ2) is 7.29. The highest BCUT2D eigenvalue weighted by Gasteiger charge is 2.41. The Labute approximate surface area is 159 Å². The van der Waals surface area contributed by atoms with Gasteiger partial charge in [0.05, 0.1) is 6.10 Å². The van der Waals surface area contributed by atoms with E-state index in [1.807, 2.05) is 62.4 Å². The Morgan fingerprint density at radius 3 is 2.00 bits per heavy atom. The predicted octanol–water partition coefficient (Wildman–Crippen LogP) is 5.26. The molecular formula is C21H23ClO4. The SMILES string of the molecule is CC(C)OC(=O)C(C)(C)Oc1ccc(C2OC2c2ccc(Cl)cc2)cc1. The minimum absolute atomic E-state index is 0.0316. The first-order valence-electron chi connectivity index (χ1n) is 8.67. The van der Waals surface area contributed by atoms with Gasteiger partial charge in [0.15, 0.2) is 5.60 Å². The number of rotatable bonds is 6. The Morgan fingerprint density at radius 1 is 1.00 bits per heavy atom. The Hall–Kier alpha value is -2.04. The van der Waals surface area contributed by atoms with Gasteiger partial charge in [-0.3, -0.25) is 0 Å². The first kappa shape index (κ1) is 18.7. The number of hydrogen-bond donors (Lipinski definition) is 0. The molecule has 0 N–H and O–H groups in total. The molecule has 0 radical (unpaired) electrons. The van der Waals surface area contributed by atoms with E-state index in [1.54, 1.807) is 13.8 Å². The van der Waals surface area contributed by atoms with Gasteiger partial charge < -0.3 is 14.2 Å². The van der Waals surface area contributed by atoms with E-state index in [2.05, 4.69) is 0 Å². The fraction of sp³-hybridized carbons (Fsp3) is 0.381. The molecule has 138 valence electrons. The van der Waals surface area contributed by atoms with E-state index >= 15 is 0 Å². The molecule has 0 saturated carbocycles. The topological polar surface area (TPSA) is 48.1 Å². The summed E-state index contributed by atoms with van der Waals surface area (Å²) in [5.74, 6) is 0.230. The van der Waals surface area contributed by atoms with E-state index in [9.17, 15) is 4.79 Å². The van der Waals surface area contributed by atoms with Crippen LogP contribution in [-0.4, -0.2) is 17.7 Å². The fourth-order valence-electron chi connectivity index (χ4n) is 2.69. The first-order chi connectivity index (χ1) is 12.3. The minimum atomic E-state index is -1.05. The predicted molar refractivity (Wildman–Crippen MR) is 100 cm³/mol. The smallest absolute Gasteiger partial charge is 0.350 e. The molecule has 0 spiro atoms. The highest BCUT2D eigenvalue weighted by molar-refractivity contribution is 6.30. The van der Waals surface area contributed by atoms with E-state index in [4.69, 9.17) is 25.8 Å². The van der Waals surface area contributed by atoms with Crippen LogP contribution in [0.15, 0.2) is 48.5 Å². The Balaban J connectivity index is 1.62. The maximum atomic E-state index is 12.1. The Bertz CT molecular complexity index is 766. The molecule has 0 aromatic heterocycles. The second-order valence-electron chi connectivity index (χ2n) is 7.16. The summed E-state index contributed by atoms with van der Waals surface area (Å²) in [6.45, 7) is 7.03. The molecule has 2 aromatic rings. The van der Waals surface area contributed by atoms with Gasteiger partial charge in [0, 0.05) is 5.02 Å². The number of carbonyl (C=O) groups excluding carboxylic acids is 1. The molecule has 2 unspecified atom stereocenters. The highest BCUT2D eigenvalue weighted by atomic mass is 35.5. The molecule has 1 aliphatic rings. The Kier molecular flexibility index (Phi) is 5.26. The van der Waals surface area contributed by atoms with E-state index in [0.717, 1.165) is 11.1 Å². The minimum Gasteiger partial charge on any atom is -0.476 e. The van der Waals surface area contributed by atoms with Crippen LogP contribution in [0.2, 0.25) is 5.02 Å². The highest BCUT2D eigenvalue weighted by Crippen LogP contribution is 2.51. The average Bonchev–Trinajstić information content (AvgIpc) is 3.36. The largest absolute Gasteiger partial charge is 0.476 e. The maximum absolute atomic E-state index is 12.1. The van der Waals surface area contributed by atoms with Gasteiger partial charge in [0.25, 0.3) is 0 Å². The van der Waals surface area contributed by atoms with Crippen molar-refractivity contribution in [3.05, 3.63) is 64.7 Å². The summed E-state index contributed by atoms with van der Waals surface area (Å²) in [6.07, 6.45) is -0.0924. The number of benzene rings is 2. The molecule has 3 rings (SSSR count). The Morgan fingerprint density at radius 2 is 1.50 bits per heavy atom. The molecule has 1 heterocycles. The van der Waals surface area contributed by atoms with Gasteiger partial charge in [-0.1, -0.05) is 35.9 Å². The molecule has 4 nitrogen and oxygen atoms in total. The van der Waals surface area contributed by atoms with Crippen molar-refractivity contribution in [3.8, 4) is 5.75 Å². The van der Waals surface area contributed by atoms with Crippen LogP contribution in [0, 0.1) is 0 Å². The molecule has 1 fully saturated rings. The van der Waals surface area contributed by atoms with Crippen molar-refractivity contribution in [3.63, 3.8) is 0 Å². The van der Waals surface area contributed by atoms with E-state index in [1.165, 1.54) is 0 Å². The van der Waals surface area contributed by atoms with Gasteiger partial charge in [0.2, 0.25) is 0 Å². The lowest BCUT2D eigenvalue weighted by Crippen LogP contribution is -2.40. The summed E-state index contributed by atoms with van der Waals surface area (Å²) in [5.41, 5.74) is 1.13. The number of ether oxygens (including phenoxy) is 3. The second-order valence-corrected chi connectivity index (χ2v) is 7.60. The quantitative estimate of drug-likeness (QED) is 0.511. The molecule has 2 atom stereocenters. The van der Waals surface area contributed by atoms with Crippen LogP contribution in [0.1, 0.15) is 51.0 Å². The van der Waals surface area contributed by atoms with Crippen molar-refractivity contribution in [2.75, 3.05) is 0 Å². The van der Waals surface area contributed by atoms with Crippen LogP contribution in [0.5, 0.6) is 5.75 Å². The zero-order chi connectivity index (χ0) is 18.9. The van der Waals surface area contributed by atoms with Gasteiger partial charge in [-0.15, -0.1) is 0 Å². The first-order valence-corrected chi connectivity index (χ1v) is 9.05. The van der Waals surface area contributed by atoms with Crippen molar-refractivity contribution in [2.24, 2.45) is 0 Å². The van der Waals surface area contributed by atoms with Crippen molar-refractivity contribution < 1.29 is 19.0 Å². The maximum Gasteiger partial charge on any atom is 0.350 e. The van der Waals surface area contributed by atoms with Crippen molar-refractivity contribution in [1.29, 1.82) is 0 Å². The van der Waals surface area contributed by atoms with Gasteiger partial charge in [-0.2, -0.15) is 0 Å². The zero-order valence-electron chi connectivity index (χ0n) is 15.4. The van der Waals surface area contributed by atoms with Crippen LogP contribution < -0.4 is 4.74 Å². The molecule has 2 aromatic carbocycles. The molecule has 0 aliphatic carbocycles. The lowest BCUT2D eigenvalue weighted by Gasteiger charge is -2.25. The van der Waals surface area contributed by atoms with E-state index in [0.29, 0.717) is 10.8 Å². The summed E-state index contributed by atoms with van der Waals surface area (Å²) in [5, 5.41) is 0.714. The number of esters is 1. The van der Waals surface area contributed by atoms with Crippen molar-refractivity contribution in [2.45, 2.75) is 51.6 Å². The molecule has 0 amide bonds. The third-order valence-corrected chi connectivity index (χ3v) is 4.36. The molecular weight excluding hydrogens is 352 g/mol. The van der Waals surface area contributed by atoms with Gasteiger partial charge in [0.1, 0.15) is 18.0 Å². The lowest BCUT2D eigenvalue weighted by molar-refractivity contribution is -0.163. The summed E-state index contributed by atoms with van der Waals surface area (Å²) in [4.78, 5) is 12.1. The summed E-state index contributed by atoms with van der Waals surface area (Å²) in [7, 11) is 0. The summed E-state index contributed by atoms with van der Waals surface area (Å²) < 4.78 is 16.8. The number of carbonyl (C=O) groups is 1. The van der Waals surface area contributed by atoms with Crippen LogP contribution in [0.3, 0.4) is 0 Å². The summed E-state index contributed by atoms with van der Waals surface area (Å²) in [6, 6.07) is 15.3. The van der Waals surface area contributed by atoms with Gasteiger partial charge in [-0.25, -0.2) is 4.79 Å². The van der Waals surface area contributed by atoms with E-state index in [-0.39, 0.29) is 24.3 Å². The third-order valence-electron chi connectivity index (χ3n) is 4.11. The lowest BCUT2D eigenvalue weighted by atomic mass is 10.0. The number of epoxide rings is 1. The molecule has 1 aliphatic heterocycles. The molecule has 1 saturated heterocycles. The normalized spacial score (nSPS) is 19.3. The molecule has 0 bridgehead atoms. The average molecular weight is 375 g/mol. The molecule has 26 heavy (non-hydrogen) atoms. The fourth-order valence-corrected chi connectivity index (χ4v) is 2.82. The zero-order valence-corrected chi connectivity index (χ0v) is 16.1. The van der Waals surface area contributed by atoms with Crippen molar-refractivity contribution >= 4 is 17.6 Å². The monoisotopic (exact) mass is 374 g/mol. The van der Waals surface area contributed by atoms with Gasteiger partial charge in [-0.05, 0) is 63.1 Å². The summed E-state index contributed by atoms with van der Waals surface area (Å²) >= 11 is 5.92. The number of halogens is 1. The molecule has 5 heteroatoms. The van der Waals surface area contributed by atoms with E-state index < -0.39 is 5.60 Å². The van der Waals surface area contributed by atoms with Crippen molar-refractivity contribution in [1.82, 2.24) is 0 Å². The van der Waals surface area contributed by atoms with Gasteiger partial charge >= 0.3 is 5.97 Å². The standard InChI is InChI=1S/C21H23ClO4/c1-13(2)24-20(23)21(3,4)26-17-11-7-15(8-12-17)19-18(25-19)14-5-9-16(22)10-6-14/h5-13,18-19H,1-4H3. The number of hydrogen-bond acceptors (Lipinski definition) is 4. The van der Waals surface area contributed by atoms with Crippen LogP contribution in [0.25, 0.3) is 0 Å². The van der Waals surface area contributed by atoms with Crippen LogP contribution in [-0.2, 0) is 14.3 Å². The van der Waals surface area contributed by atoms with Crippen LogP contribution >= 0.6 is 11.6 Å².